The summed E-state index contributed by atoms with van der Waals surface area (Å²) in [4.78, 5) is 23.9. The molecule has 5 nitrogen and oxygen atoms in total. The van der Waals surface area contributed by atoms with E-state index >= 15 is 0 Å². The zero-order valence-corrected chi connectivity index (χ0v) is 23.2. The highest BCUT2D eigenvalue weighted by molar-refractivity contribution is 5.66. The van der Waals surface area contributed by atoms with E-state index in [2.05, 4.69) is 33.0 Å². The molecule has 4 aliphatic rings. The molecule has 200 valence electrons. The molecular formula is C30H51NO4. The minimum Gasteiger partial charge on any atom is -0.463 e. The fourth-order valence-corrected chi connectivity index (χ4v) is 9.61. The van der Waals surface area contributed by atoms with Crippen molar-refractivity contribution in [3.05, 3.63) is 0 Å². The number of carbonyl (C=O) groups excluding carboxylic acids is 2. The molecule has 0 aromatic rings. The van der Waals surface area contributed by atoms with E-state index in [1.54, 1.807) is 6.92 Å². The van der Waals surface area contributed by atoms with Crippen LogP contribution in [0, 0.1) is 46.3 Å². The second kappa shape index (κ2) is 10.7. The predicted octanol–water partition coefficient (Wildman–Crippen LogP) is 6.14. The summed E-state index contributed by atoms with van der Waals surface area (Å²) < 4.78 is 11.9. The van der Waals surface area contributed by atoms with Gasteiger partial charge in [-0.2, -0.15) is 0 Å². The van der Waals surface area contributed by atoms with Crippen molar-refractivity contribution in [3.8, 4) is 0 Å². The molecule has 0 spiro atoms. The largest absolute Gasteiger partial charge is 0.463 e. The van der Waals surface area contributed by atoms with Crippen LogP contribution in [0.1, 0.15) is 106 Å². The number of carbonyl (C=O) groups is 2. The number of unbranched alkanes of at least 4 members (excludes halogenated alkanes) is 1. The molecule has 4 saturated carbocycles. The summed E-state index contributed by atoms with van der Waals surface area (Å²) >= 11 is 0. The van der Waals surface area contributed by atoms with Crippen molar-refractivity contribution in [1.82, 2.24) is 5.32 Å². The molecule has 10 atom stereocenters. The summed E-state index contributed by atoms with van der Waals surface area (Å²) in [5, 5.41) is 3.70. The normalized spacial score (nSPS) is 43.4. The van der Waals surface area contributed by atoms with Crippen LogP contribution < -0.4 is 5.32 Å². The number of nitrogens with one attached hydrogen (secondary N) is 1. The first-order valence-corrected chi connectivity index (χ1v) is 14.7. The second-order valence-corrected chi connectivity index (χ2v) is 13.1. The van der Waals surface area contributed by atoms with Gasteiger partial charge in [-0.3, -0.25) is 9.59 Å². The molecule has 1 N–H and O–H groups in total. The van der Waals surface area contributed by atoms with E-state index in [-0.39, 0.29) is 35.0 Å². The molecule has 0 bridgehead atoms. The van der Waals surface area contributed by atoms with Gasteiger partial charge < -0.3 is 14.8 Å². The molecule has 0 heterocycles. The van der Waals surface area contributed by atoms with Gasteiger partial charge in [-0.25, -0.2) is 0 Å². The average molecular weight is 490 g/mol. The van der Waals surface area contributed by atoms with Gasteiger partial charge >= 0.3 is 11.9 Å². The van der Waals surface area contributed by atoms with Gasteiger partial charge in [0, 0.05) is 19.3 Å². The van der Waals surface area contributed by atoms with E-state index in [0.717, 1.165) is 44.7 Å². The SMILES string of the molecule is CCCCNC[C@@H](C)[C@H]1CC[C@H]2[C@@H]3CC[C@@H]4C[C@H](OC(C)=O)CC[C@]4(C)[C@H]3C[C@H](OC(C)=O)[C@]12C. The minimum atomic E-state index is -0.147. The van der Waals surface area contributed by atoms with Gasteiger partial charge in [-0.1, -0.05) is 34.1 Å². The molecule has 0 amide bonds. The topological polar surface area (TPSA) is 64.6 Å². The number of hydrogen-bond donors (Lipinski definition) is 1. The Morgan fingerprint density at radius 3 is 2.40 bits per heavy atom. The first kappa shape index (κ1) is 26.9. The standard InChI is InChI=1S/C30H51NO4/c1-7-8-15-31-18-19(2)25-11-12-26-24-10-9-22-16-23(34-20(3)32)13-14-29(22,5)27(24)17-28(30(25,26)6)35-21(4)33/h19,22-28,31H,7-18H2,1-6H3/t19-,22-,23-,24+,25-,26+,27+,28+,29+,30-/m1/s1. The van der Waals surface area contributed by atoms with Crippen LogP contribution in [0.2, 0.25) is 0 Å². The van der Waals surface area contributed by atoms with Crippen molar-refractivity contribution >= 4 is 11.9 Å². The Bertz CT molecular complexity index is 769. The van der Waals surface area contributed by atoms with Crippen LogP contribution in [0.5, 0.6) is 0 Å². The maximum Gasteiger partial charge on any atom is 0.302 e. The quantitative estimate of drug-likeness (QED) is 0.327. The van der Waals surface area contributed by atoms with Crippen molar-refractivity contribution in [3.63, 3.8) is 0 Å². The Morgan fingerprint density at radius 2 is 1.71 bits per heavy atom. The van der Waals surface area contributed by atoms with E-state index in [4.69, 9.17) is 9.47 Å². The molecule has 0 radical (unpaired) electrons. The smallest absolute Gasteiger partial charge is 0.302 e. The summed E-state index contributed by atoms with van der Waals surface area (Å²) in [5.41, 5.74) is 0.321. The van der Waals surface area contributed by atoms with Gasteiger partial charge in [0.25, 0.3) is 0 Å². The van der Waals surface area contributed by atoms with Crippen molar-refractivity contribution in [2.75, 3.05) is 13.1 Å². The third-order valence-electron chi connectivity index (χ3n) is 11.3. The monoisotopic (exact) mass is 489 g/mol. The molecule has 35 heavy (non-hydrogen) atoms. The van der Waals surface area contributed by atoms with Crippen LogP contribution in [0.3, 0.4) is 0 Å². The number of esters is 2. The highest BCUT2D eigenvalue weighted by Gasteiger charge is 2.65. The zero-order chi connectivity index (χ0) is 25.4. The molecular weight excluding hydrogens is 438 g/mol. The third-order valence-corrected chi connectivity index (χ3v) is 11.3. The Hall–Kier alpha value is -1.10. The van der Waals surface area contributed by atoms with Gasteiger partial charge in [0.1, 0.15) is 12.2 Å². The number of ether oxygens (including phenoxy) is 2. The fourth-order valence-electron chi connectivity index (χ4n) is 9.61. The first-order chi connectivity index (χ1) is 16.6. The molecule has 0 aromatic heterocycles. The fraction of sp³-hybridized carbons (Fsp3) is 0.933. The predicted molar refractivity (Wildman–Crippen MR) is 139 cm³/mol. The Labute approximate surface area is 213 Å². The van der Waals surface area contributed by atoms with Gasteiger partial charge in [0.15, 0.2) is 0 Å². The first-order valence-electron chi connectivity index (χ1n) is 14.7. The van der Waals surface area contributed by atoms with Crippen molar-refractivity contribution < 1.29 is 19.1 Å². The van der Waals surface area contributed by atoms with Crippen molar-refractivity contribution in [2.24, 2.45) is 46.3 Å². The van der Waals surface area contributed by atoms with Crippen LogP contribution in [0.25, 0.3) is 0 Å². The highest BCUT2D eigenvalue weighted by atomic mass is 16.5. The molecule has 4 fully saturated rings. The van der Waals surface area contributed by atoms with Crippen molar-refractivity contribution in [2.45, 2.75) is 118 Å². The van der Waals surface area contributed by atoms with Crippen LogP contribution in [-0.4, -0.2) is 37.2 Å². The van der Waals surface area contributed by atoms with Gasteiger partial charge in [0.2, 0.25) is 0 Å². The summed E-state index contributed by atoms with van der Waals surface area (Å²) in [5.74, 6) is 3.47. The summed E-state index contributed by atoms with van der Waals surface area (Å²) in [6.45, 7) is 14.9. The lowest BCUT2D eigenvalue weighted by Gasteiger charge is -2.62. The van der Waals surface area contributed by atoms with E-state index < -0.39 is 0 Å². The lowest BCUT2D eigenvalue weighted by atomic mass is 9.43. The van der Waals surface area contributed by atoms with Gasteiger partial charge in [-0.15, -0.1) is 0 Å². The molecule has 0 aromatic carbocycles. The Balaban J connectivity index is 1.55. The lowest BCUT2D eigenvalue weighted by Crippen LogP contribution is -2.60. The van der Waals surface area contributed by atoms with E-state index in [1.165, 1.54) is 45.4 Å². The van der Waals surface area contributed by atoms with Crippen LogP contribution in [0.15, 0.2) is 0 Å². The Morgan fingerprint density at radius 1 is 0.971 bits per heavy atom. The van der Waals surface area contributed by atoms with Crippen LogP contribution in [-0.2, 0) is 19.1 Å². The molecule has 5 heteroatoms. The van der Waals surface area contributed by atoms with Crippen LogP contribution >= 0.6 is 0 Å². The van der Waals surface area contributed by atoms with E-state index in [9.17, 15) is 9.59 Å². The maximum absolute atomic E-state index is 12.3. The van der Waals surface area contributed by atoms with Crippen molar-refractivity contribution in [1.29, 1.82) is 0 Å². The van der Waals surface area contributed by atoms with Crippen LogP contribution in [0.4, 0.5) is 0 Å². The summed E-state index contributed by atoms with van der Waals surface area (Å²) in [6, 6.07) is 0. The third kappa shape index (κ3) is 5.05. The summed E-state index contributed by atoms with van der Waals surface area (Å²) in [6.07, 6.45) is 11.7. The number of hydrogen-bond acceptors (Lipinski definition) is 5. The van der Waals surface area contributed by atoms with Gasteiger partial charge in [-0.05, 0) is 112 Å². The second-order valence-electron chi connectivity index (χ2n) is 13.1. The minimum absolute atomic E-state index is 0.0126. The average Bonchev–Trinajstić information content (AvgIpc) is 3.15. The van der Waals surface area contributed by atoms with E-state index in [1.807, 2.05) is 0 Å². The summed E-state index contributed by atoms with van der Waals surface area (Å²) in [7, 11) is 0. The molecule has 4 rings (SSSR count). The number of rotatable bonds is 8. The number of fused-ring (bicyclic) bond motifs is 5. The molecule has 4 aliphatic carbocycles. The zero-order valence-electron chi connectivity index (χ0n) is 23.2. The molecule has 0 unspecified atom stereocenters. The molecule has 0 saturated heterocycles. The lowest BCUT2D eigenvalue weighted by molar-refractivity contribution is -0.197. The Kier molecular flexibility index (Phi) is 8.25. The van der Waals surface area contributed by atoms with Gasteiger partial charge in [0.05, 0.1) is 0 Å². The maximum atomic E-state index is 12.3. The molecule has 0 aliphatic heterocycles. The highest BCUT2D eigenvalue weighted by Crippen LogP contribution is 2.68. The van der Waals surface area contributed by atoms with E-state index in [0.29, 0.717) is 29.6 Å².